The van der Waals surface area contributed by atoms with Crippen LogP contribution >= 0.6 is 0 Å². The molecule has 1 N–H and O–H groups in total. The van der Waals surface area contributed by atoms with Gasteiger partial charge in [-0.2, -0.15) is 13.2 Å². The summed E-state index contributed by atoms with van der Waals surface area (Å²) in [5.41, 5.74) is 2.66. The first-order valence-corrected chi connectivity index (χ1v) is 4.38. The fraction of sp³-hybridized carbons (Fsp3) is 0.200. The Balaban J connectivity index is 2.63. The Bertz CT molecular complexity index is 485. The van der Waals surface area contributed by atoms with Crippen molar-refractivity contribution in [3.8, 4) is 0 Å². The minimum atomic E-state index is -4.29. The highest BCUT2D eigenvalue weighted by atomic mass is 19.4. The van der Waals surface area contributed by atoms with Crippen molar-refractivity contribution in [1.29, 1.82) is 0 Å². The fourth-order valence-electron chi connectivity index (χ4n) is 1.50. The molecule has 0 saturated heterocycles. The molecule has 0 bridgehead atoms. The quantitative estimate of drug-likeness (QED) is 0.772. The number of hydrogen-bond acceptors (Lipinski definition) is 1. The van der Waals surface area contributed by atoms with Crippen LogP contribution in [0.15, 0.2) is 30.5 Å². The third-order valence-corrected chi connectivity index (χ3v) is 2.26. The molecule has 0 aliphatic rings. The molecule has 2 aromatic rings. The van der Waals surface area contributed by atoms with Crippen molar-refractivity contribution in [3.05, 3.63) is 36.0 Å². The Labute approximate surface area is 84.3 Å². The Morgan fingerprint density at radius 3 is 2.53 bits per heavy atom. The highest BCUT2D eigenvalue weighted by Gasteiger charge is 2.30. The molecule has 1 aromatic heterocycles. The van der Waals surface area contributed by atoms with Crippen molar-refractivity contribution in [2.24, 2.45) is 0 Å². The van der Waals surface area contributed by atoms with Crippen molar-refractivity contribution >= 4 is 10.9 Å². The molecule has 0 aliphatic heterocycles. The highest BCUT2D eigenvalue weighted by Crippen LogP contribution is 2.31. The van der Waals surface area contributed by atoms with Crippen LogP contribution in [0.2, 0.25) is 0 Å². The van der Waals surface area contributed by atoms with Gasteiger partial charge in [-0.1, -0.05) is 6.07 Å². The van der Waals surface area contributed by atoms with Crippen LogP contribution in [0.5, 0.6) is 0 Å². The van der Waals surface area contributed by atoms with Crippen molar-refractivity contribution in [2.75, 3.05) is 12.5 Å². The standard InChI is InChI=1S/C10H9F3N2/c1-14-15-5-4-7-2-3-8(6-9(7)15)10(11,12)13/h2-6,14H,1H3. The van der Waals surface area contributed by atoms with E-state index in [9.17, 15) is 13.2 Å². The fourth-order valence-corrected chi connectivity index (χ4v) is 1.50. The molecule has 80 valence electrons. The van der Waals surface area contributed by atoms with Gasteiger partial charge in [0.2, 0.25) is 0 Å². The Morgan fingerprint density at radius 1 is 1.20 bits per heavy atom. The first-order chi connectivity index (χ1) is 7.02. The minimum Gasteiger partial charge on any atom is -0.329 e. The van der Waals surface area contributed by atoms with Gasteiger partial charge in [-0.15, -0.1) is 0 Å². The van der Waals surface area contributed by atoms with E-state index in [1.807, 2.05) is 0 Å². The van der Waals surface area contributed by atoms with Gasteiger partial charge in [0.1, 0.15) is 0 Å². The van der Waals surface area contributed by atoms with Crippen LogP contribution in [0.3, 0.4) is 0 Å². The van der Waals surface area contributed by atoms with Gasteiger partial charge in [0.25, 0.3) is 0 Å². The molecular formula is C10H9F3N2. The number of fused-ring (bicyclic) bond motifs is 1. The summed E-state index contributed by atoms with van der Waals surface area (Å²) in [7, 11) is 1.65. The number of hydrogen-bond donors (Lipinski definition) is 1. The Kier molecular flexibility index (Phi) is 2.10. The van der Waals surface area contributed by atoms with Crippen molar-refractivity contribution in [2.45, 2.75) is 6.18 Å². The number of halogens is 3. The van der Waals surface area contributed by atoms with E-state index in [0.29, 0.717) is 5.52 Å². The highest BCUT2D eigenvalue weighted by molar-refractivity contribution is 5.81. The lowest BCUT2D eigenvalue weighted by Crippen LogP contribution is -2.08. The van der Waals surface area contributed by atoms with Crippen molar-refractivity contribution < 1.29 is 13.2 Å². The molecule has 0 saturated carbocycles. The second-order valence-corrected chi connectivity index (χ2v) is 3.18. The zero-order valence-electron chi connectivity index (χ0n) is 7.97. The van der Waals surface area contributed by atoms with Crippen LogP contribution in [0.4, 0.5) is 13.2 Å². The molecule has 2 nitrogen and oxygen atoms in total. The van der Waals surface area contributed by atoms with Gasteiger partial charge >= 0.3 is 6.18 Å². The molecule has 1 heterocycles. The molecule has 2 rings (SSSR count). The lowest BCUT2D eigenvalue weighted by molar-refractivity contribution is -0.137. The lowest BCUT2D eigenvalue weighted by atomic mass is 10.1. The van der Waals surface area contributed by atoms with E-state index in [1.165, 1.54) is 6.07 Å². The summed E-state index contributed by atoms with van der Waals surface area (Å²) in [5, 5.41) is 0.775. The molecule has 0 radical (unpaired) electrons. The van der Waals surface area contributed by atoms with Crippen molar-refractivity contribution in [1.82, 2.24) is 4.68 Å². The summed E-state index contributed by atoms with van der Waals surface area (Å²) < 4.78 is 38.8. The van der Waals surface area contributed by atoms with E-state index in [4.69, 9.17) is 0 Å². The van der Waals surface area contributed by atoms with Gasteiger partial charge in [-0.3, -0.25) is 4.68 Å². The largest absolute Gasteiger partial charge is 0.416 e. The van der Waals surface area contributed by atoms with E-state index in [1.54, 1.807) is 24.0 Å². The Morgan fingerprint density at radius 2 is 1.93 bits per heavy atom. The monoisotopic (exact) mass is 214 g/mol. The number of nitrogens with zero attached hydrogens (tertiary/aromatic N) is 1. The topological polar surface area (TPSA) is 17.0 Å². The minimum absolute atomic E-state index is 0.521. The van der Waals surface area contributed by atoms with Gasteiger partial charge in [0.05, 0.1) is 11.1 Å². The van der Waals surface area contributed by atoms with Gasteiger partial charge in [-0.05, 0) is 18.2 Å². The lowest BCUT2D eigenvalue weighted by Gasteiger charge is -2.08. The average molecular weight is 214 g/mol. The molecule has 1 aromatic carbocycles. The van der Waals surface area contributed by atoms with E-state index < -0.39 is 11.7 Å². The summed E-state index contributed by atoms with van der Waals surface area (Å²) >= 11 is 0. The first-order valence-electron chi connectivity index (χ1n) is 4.38. The summed E-state index contributed by atoms with van der Waals surface area (Å²) in [6, 6.07) is 5.44. The first kappa shape index (κ1) is 9.89. The molecule has 0 fully saturated rings. The molecular weight excluding hydrogens is 205 g/mol. The molecule has 15 heavy (non-hydrogen) atoms. The maximum absolute atomic E-state index is 12.4. The number of benzene rings is 1. The molecule has 0 amide bonds. The van der Waals surface area contributed by atoms with Crippen LogP contribution in [-0.4, -0.2) is 11.7 Å². The predicted molar refractivity (Wildman–Crippen MR) is 52.2 cm³/mol. The van der Waals surface area contributed by atoms with E-state index in [2.05, 4.69) is 5.43 Å². The van der Waals surface area contributed by atoms with Crippen LogP contribution in [0.25, 0.3) is 10.9 Å². The SMILES string of the molecule is CNn1ccc2ccc(C(F)(F)F)cc21. The Hall–Kier alpha value is -1.65. The number of aromatic nitrogens is 1. The number of nitrogens with one attached hydrogen (secondary N) is 1. The van der Waals surface area contributed by atoms with Gasteiger partial charge < -0.3 is 5.43 Å². The third-order valence-electron chi connectivity index (χ3n) is 2.26. The van der Waals surface area contributed by atoms with E-state index >= 15 is 0 Å². The zero-order chi connectivity index (χ0) is 11.1. The smallest absolute Gasteiger partial charge is 0.329 e. The van der Waals surface area contributed by atoms with Crippen LogP contribution in [-0.2, 0) is 6.18 Å². The maximum Gasteiger partial charge on any atom is 0.416 e. The maximum atomic E-state index is 12.4. The van der Waals surface area contributed by atoms with Gasteiger partial charge in [0, 0.05) is 18.6 Å². The van der Waals surface area contributed by atoms with Gasteiger partial charge in [0.15, 0.2) is 0 Å². The van der Waals surface area contributed by atoms with E-state index in [-0.39, 0.29) is 0 Å². The molecule has 0 aliphatic carbocycles. The molecule has 0 unspecified atom stereocenters. The number of rotatable bonds is 1. The third kappa shape index (κ3) is 1.65. The van der Waals surface area contributed by atoms with Crippen LogP contribution in [0.1, 0.15) is 5.56 Å². The second kappa shape index (κ2) is 3.18. The predicted octanol–water partition coefficient (Wildman–Crippen LogP) is 2.83. The molecule has 0 spiro atoms. The number of alkyl halides is 3. The summed E-state index contributed by atoms with van der Waals surface area (Å²) in [5.74, 6) is 0. The summed E-state index contributed by atoms with van der Waals surface area (Å²) in [6.07, 6.45) is -2.61. The summed E-state index contributed by atoms with van der Waals surface area (Å²) in [6.45, 7) is 0. The molecule has 0 atom stereocenters. The van der Waals surface area contributed by atoms with Crippen LogP contribution in [0, 0.1) is 0 Å². The van der Waals surface area contributed by atoms with Gasteiger partial charge in [-0.25, -0.2) is 0 Å². The second-order valence-electron chi connectivity index (χ2n) is 3.18. The van der Waals surface area contributed by atoms with Crippen LogP contribution < -0.4 is 5.43 Å². The van der Waals surface area contributed by atoms with Crippen molar-refractivity contribution in [3.63, 3.8) is 0 Å². The molecule has 5 heteroatoms. The zero-order valence-corrected chi connectivity index (χ0v) is 7.97. The van der Waals surface area contributed by atoms with E-state index in [0.717, 1.165) is 17.5 Å². The average Bonchev–Trinajstić information content (AvgIpc) is 2.57. The summed E-state index contributed by atoms with van der Waals surface area (Å²) in [4.78, 5) is 0. The normalized spacial score (nSPS) is 12.0.